The number of aromatic nitrogens is 2. The molecule has 2 saturated heterocycles. The number of aliphatic carboxylic acids is 1. The van der Waals surface area contributed by atoms with Crippen molar-refractivity contribution in [3.63, 3.8) is 0 Å². The van der Waals surface area contributed by atoms with Gasteiger partial charge in [0, 0.05) is 37.9 Å². The molecule has 2 aliphatic heterocycles. The highest BCUT2D eigenvalue weighted by Gasteiger charge is 2.44. The highest BCUT2D eigenvalue weighted by Crippen LogP contribution is 2.41. The number of hydrogen-bond donors (Lipinski definition) is 1. The average molecular weight is 251 g/mol. The first kappa shape index (κ1) is 11.5. The summed E-state index contributed by atoms with van der Waals surface area (Å²) in [6, 6.07) is 0. The number of carboxylic acid groups (broad SMARTS) is 1. The van der Waals surface area contributed by atoms with E-state index in [1.807, 2.05) is 0 Å². The molecule has 0 atom stereocenters. The lowest BCUT2D eigenvalue weighted by molar-refractivity contribution is -0.137. The number of carbonyl (C=O) groups is 1. The van der Waals surface area contributed by atoms with Crippen molar-refractivity contribution in [2.24, 2.45) is 5.41 Å². The quantitative estimate of drug-likeness (QED) is 0.851. The Kier molecular flexibility index (Phi) is 2.74. The molecule has 2 aliphatic rings. The second kappa shape index (κ2) is 4.28. The third kappa shape index (κ3) is 2.08. The minimum atomic E-state index is -0.867. The Hall–Kier alpha value is -1.56. The number of ether oxygens (including phenoxy) is 1. The largest absolute Gasteiger partial charge is 0.480 e. The van der Waals surface area contributed by atoms with Crippen molar-refractivity contribution < 1.29 is 14.6 Å². The molecule has 6 heteroatoms. The summed E-state index contributed by atoms with van der Waals surface area (Å²) in [7, 11) is 0. The summed E-state index contributed by atoms with van der Waals surface area (Å²) in [5.74, 6) is -0.867. The predicted molar refractivity (Wildman–Crippen MR) is 64.6 cm³/mol. The van der Waals surface area contributed by atoms with Crippen LogP contribution in [0.2, 0.25) is 0 Å². The second-order valence-corrected chi connectivity index (χ2v) is 5.26. The fraction of sp³-hybridized carbons (Fsp3) is 0.667. The zero-order valence-electron chi connectivity index (χ0n) is 10.2. The van der Waals surface area contributed by atoms with E-state index in [9.17, 15) is 4.79 Å². The number of nitrogens with zero attached hydrogens (tertiary/aromatic N) is 3. The SMILES string of the molecule is O=C(O)Cn1cc(N2CC3(CCOCC3)C2)cn1. The van der Waals surface area contributed by atoms with E-state index in [-0.39, 0.29) is 6.54 Å². The topological polar surface area (TPSA) is 67.6 Å². The van der Waals surface area contributed by atoms with Gasteiger partial charge >= 0.3 is 5.97 Å². The van der Waals surface area contributed by atoms with Crippen molar-refractivity contribution in [3.05, 3.63) is 12.4 Å². The van der Waals surface area contributed by atoms with E-state index in [1.54, 1.807) is 12.4 Å². The third-order valence-electron chi connectivity index (χ3n) is 3.89. The van der Waals surface area contributed by atoms with Gasteiger partial charge in [0.15, 0.2) is 0 Å². The van der Waals surface area contributed by atoms with Crippen LogP contribution in [-0.4, -0.2) is 47.2 Å². The molecule has 0 bridgehead atoms. The van der Waals surface area contributed by atoms with Crippen molar-refractivity contribution in [1.29, 1.82) is 0 Å². The molecular weight excluding hydrogens is 234 g/mol. The van der Waals surface area contributed by atoms with Crippen molar-refractivity contribution >= 4 is 11.7 Å². The van der Waals surface area contributed by atoms with Gasteiger partial charge < -0.3 is 14.7 Å². The molecule has 1 N–H and O–H groups in total. The van der Waals surface area contributed by atoms with Crippen LogP contribution in [0.5, 0.6) is 0 Å². The summed E-state index contributed by atoms with van der Waals surface area (Å²) < 4.78 is 6.85. The first-order chi connectivity index (χ1) is 8.67. The summed E-state index contributed by atoms with van der Waals surface area (Å²) in [4.78, 5) is 12.8. The highest BCUT2D eigenvalue weighted by molar-refractivity contribution is 5.66. The average Bonchev–Trinajstić information content (AvgIpc) is 2.74. The van der Waals surface area contributed by atoms with Gasteiger partial charge in [0.25, 0.3) is 0 Å². The van der Waals surface area contributed by atoms with Crippen LogP contribution in [0.3, 0.4) is 0 Å². The van der Waals surface area contributed by atoms with Crippen LogP contribution in [0.25, 0.3) is 0 Å². The molecule has 0 saturated carbocycles. The smallest absolute Gasteiger partial charge is 0.325 e. The molecule has 3 heterocycles. The van der Waals surface area contributed by atoms with Gasteiger partial charge in [-0.1, -0.05) is 0 Å². The fourth-order valence-corrected chi connectivity index (χ4v) is 2.81. The Bertz CT molecular complexity index is 443. The van der Waals surface area contributed by atoms with E-state index in [4.69, 9.17) is 9.84 Å². The van der Waals surface area contributed by atoms with E-state index in [1.165, 1.54) is 4.68 Å². The number of anilines is 1. The van der Waals surface area contributed by atoms with Gasteiger partial charge in [-0.3, -0.25) is 9.48 Å². The molecule has 1 spiro atoms. The summed E-state index contributed by atoms with van der Waals surface area (Å²) in [6.45, 7) is 3.73. The molecule has 0 unspecified atom stereocenters. The van der Waals surface area contributed by atoms with Crippen LogP contribution in [0, 0.1) is 5.41 Å². The Labute approximate surface area is 105 Å². The van der Waals surface area contributed by atoms with Gasteiger partial charge in [-0.25, -0.2) is 0 Å². The Balaban J connectivity index is 1.60. The molecular formula is C12H17N3O3. The van der Waals surface area contributed by atoms with Gasteiger partial charge in [0.1, 0.15) is 6.54 Å². The Morgan fingerprint density at radius 2 is 2.17 bits per heavy atom. The monoisotopic (exact) mass is 251 g/mol. The molecule has 98 valence electrons. The zero-order valence-corrected chi connectivity index (χ0v) is 10.2. The minimum absolute atomic E-state index is 0.0766. The second-order valence-electron chi connectivity index (χ2n) is 5.26. The maximum absolute atomic E-state index is 10.6. The standard InChI is InChI=1S/C12H17N3O3/c16-11(17)7-15-6-10(5-13-15)14-8-12(9-14)1-3-18-4-2-12/h5-6H,1-4,7-9H2,(H,16,17). The van der Waals surface area contributed by atoms with Crippen molar-refractivity contribution in [2.75, 3.05) is 31.2 Å². The highest BCUT2D eigenvalue weighted by atomic mass is 16.5. The number of hydrogen-bond acceptors (Lipinski definition) is 4. The van der Waals surface area contributed by atoms with Crippen LogP contribution in [0.15, 0.2) is 12.4 Å². The zero-order chi connectivity index (χ0) is 12.6. The van der Waals surface area contributed by atoms with Crippen LogP contribution >= 0.6 is 0 Å². The predicted octanol–water partition coefficient (Wildman–Crippen LogP) is 0.585. The summed E-state index contributed by atoms with van der Waals surface area (Å²) in [5.41, 5.74) is 1.45. The van der Waals surface area contributed by atoms with Crippen LogP contribution in [0.1, 0.15) is 12.8 Å². The fourth-order valence-electron chi connectivity index (χ4n) is 2.81. The van der Waals surface area contributed by atoms with Crippen molar-refractivity contribution in [3.8, 4) is 0 Å². The summed E-state index contributed by atoms with van der Waals surface area (Å²) >= 11 is 0. The number of carboxylic acids is 1. The Morgan fingerprint density at radius 1 is 1.44 bits per heavy atom. The van der Waals surface area contributed by atoms with E-state index >= 15 is 0 Å². The normalized spacial score (nSPS) is 21.9. The molecule has 18 heavy (non-hydrogen) atoms. The van der Waals surface area contributed by atoms with Gasteiger partial charge in [-0.15, -0.1) is 0 Å². The van der Waals surface area contributed by atoms with Crippen LogP contribution in [0.4, 0.5) is 5.69 Å². The van der Waals surface area contributed by atoms with E-state index in [0.29, 0.717) is 5.41 Å². The van der Waals surface area contributed by atoms with E-state index < -0.39 is 5.97 Å². The molecule has 0 radical (unpaired) electrons. The molecule has 0 aromatic carbocycles. The van der Waals surface area contributed by atoms with Gasteiger partial charge in [-0.05, 0) is 12.8 Å². The lowest BCUT2D eigenvalue weighted by Gasteiger charge is -2.52. The van der Waals surface area contributed by atoms with Crippen LogP contribution < -0.4 is 4.90 Å². The first-order valence-electron chi connectivity index (χ1n) is 6.24. The molecule has 3 rings (SSSR count). The van der Waals surface area contributed by atoms with Crippen LogP contribution in [-0.2, 0) is 16.1 Å². The molecule has 1 aromatic heterocycles. The molecule has 2 fully saturated rings. The maximum Gasteiger partial charge on any atom is 0.325 e. The summed E-state index contributed by atoms with van der Waals surface area (Å²) in [5, 5.41) is 12.8. The number of rotatable bonds is 3. The van der Waals surface area contributed by atoms with Crippen molar-refractivity contribution in [1.82, 2.24) is 9.78 Å². The molecule has 6 nitrogen and oxygen atoms in total. The first-order valence-corrected chi connectivity index (χ1v) is 6.24. The molecule has 1 aromatic rings. The lowest BCUT2D eigenvalue weighted by Crippen LogP contribution is -2.58. The maximum atomic E-state index is 10.6. The van der Waals surface area contributed by atoms with Gasteiger partial charge in [0.05, 0.1) is 11.9 Å². The van der Waals surface area contributed by atoms with Gasteiger partial charge in [0.2, 0.25) is 0 Å². The van der Waals surface area contributed by atoms with Crippen molar-refractivity contribution in [2.45, 2.75) is 19.4 Å². The molecule has 0 amide bonds. The third-order valence-corrected chi connectivity index (χ3v) is 3.89. The minimum Gasteiger partial charge on any atom is -0.480 e. The van der Waals surface area contributed by atoms with E-state index in [0.717, 1.165) is 44.8 Å². The van der Waals surface area contributed by atoms with E-state index in [2.05, 4.69) is 10.00 Å². The van der Waals surface area contributed by atoms with Gasteiger partial charge in [-0.2, -0.15) is 5.10 Å². The lowest BCUT2D eigenvalue weighted by atomic mass is 9.73. The summed E-state index contributed by atoms with van der Waals surface area (Å²) in [6.07, 6.45) is 5.81. The molecule has 0 aliphatic carbocycles. The Morgan fingerprint density at radius 3 is 2.83 bits per heavy atom.